The Bertz CT molecular complexity index is 2590. The van der Waals surface area contributed by atoms with Crippen LogP contribution in [0.3, 0.4) is 0 Å². The zero-order valence-corrected chi connectivity index (χ0v) is 38.1. The molecule has 1 aliphatic carbocycles. The van der Waals surface area contributed by atoms with Crippen LogP contribution in [0.5, 0.6) is 11.5 Å². The molecule has 1 saturated carbocycles. The predicted octanol–water partition coefficient (Wildman–Crippen LogP) is 10.3. The number of amides is 1. The number of hydrogen-bond donors (Lipinski definition) is 1. The van der Waals surface area contributed by atoms with Gasteiger partial charge in [0.1, 0.15) is 35.8 Å². The highest BCUT2D eigenvalue weighted by atomic mass is 32.9. The largest absolute Gasteiger partial charge is 0.497 e. The molecule has 2 saturated heterocycles. The number of anilines is 1. The Balaban J connectivity index is 1.08. The van der Waals surface area contributed by atoms with Gasteiger partial charge in [-0.05, 0) is 104 Å². The van der Waals surface area contributed by atoms with Crippen LogP contribution in [0.15, 0.2) is 134 Å². The third-order valence-corrected chi connectivity index (χ3v) is 18.2. The van der Waals surface area contributed by atoms with Gasteiger partial charge in [0.25, 0.3) is 5.91 Å². The van der Waals surface area contributed by atoms with Gasteiger partial charge in [-0.2, -0.15) is 0 Å². The molecule has 2 aliphatic heterocycles. The van der Waals surface area contributed by atoms with Crippen LogP contribution in [0.2, 0.25) is 0 Å². The highest BCUT2D eigenvalue weighted by Gasteiger charge is 2.55. The van der Waals surface area contributed by atoms with Crippen molar-refractivity contribution in [1.82, 2.24) is 19.5 Å². The van der Waals surface area contributed by atoms with Crippen molar-refractivity contribution in [3.8, 4) is 11.5 Å². The number of nitrogens with zero attached hydrogens (tertiary/aromatic N) is 4. The van der Waals surface area contributed by atoms with Gasteiger partial charge in [-0.1, -0.05) is 96.3 Å². The van der Waals surface area contributed by atoms with Crippen molar-refractivity contribution >= 4 is 51.8 Å². The zero-order valence-electron chi connectivity index (χ0n) is 35.6. The van der Waals surface area contributed by atoms with Crippen LogP contribution in [0.4, 0.5) is 5.82 Å². The number of allylic oxidation sites excluding steroid dienone is 1. The van der Waals surface area contributed by atoms with E-state index in [4.69, 9.17) is 39.8 Å². The van der Waals surface area contributed by atoms with Crippen LogP contribution in [0, 0.1) is 5.92 Å². The Labute approximate surface area is 376 Å². The minimum Gasteiger partial charge on any atom is -0.497 e. The predicted molar refractivity (Wildman–Crippen MR) is 249 cm³/mol. The summed E-state index contributed by atoms with van der Waals surface area (Å²) in [6, 6.07) is 35.0. The summed E-state index contributed by atoms with van der Waals surface area (Å²) in [7, 11) is 3.30. The van der Waals surface area contributed by atoms with Crippen LogP contribution >= 0.6 is 17.1 Å². The number of carbonyl (C=O) groups excluding carboxylic acids is 1. The van der Waals surface area contributed by atoms with Gasteiger partial charge in [-0.15, -0.1) is 0 Å². The summed E-state index contributed by atoms with van der Waals surface area (Å²) in [5, 5.41) is 2.91. The molecule has 7 atom stereocenters. The topological polar surface area (TPSA) is 128 Å². The smallest absolute Gasteiger partial charge is 0.256 e. The van der Waals surface area contributed by atoms with Crippen molar-refractivity contribution in [3.05, 3.63) is 156 Å². The molecule has 9 rings (SSSR count). The summed E-state index contributed by atoms with van der Waals surface area (Å²) >= 11 is 8.08. The van der Waals surface area contributed by atoms with E-state index in [1.54, 1.807) is 44.1 Å². The van der Waals surface area contributed by atoms with E-state index in [-0.39, 0.29) is 23.4 Å². The lowest BCUT2D eigenvalue weighted by molar-refractivity contribution is -0.0903. The van der Waals surface area contributed by atoms with Gasteiger partial charge in [-0.3, -0.25) is 9.36 Å². The number of ether oxygens (including phenoxy) is 4. The van der Waals surface area contributed by atoms with Gasteiger partial charge in [0.05, 0.1) is 39.4 Å². The van der Waals surface area contributed by atoms with Crippen LogP contribution in [-0.2, 0) is 35.9 Å². The lowest BCUT2D eigenvalue weighted by Gasteiger charge is -2.37. The van der Waals surface area contributed by atoms with Crippen molar-refractivity contribution in [2.24, 2.45) is 5.92 Å². The number of imidazole rings is 1. The fourth-order valence-corrected chi connectivity index (χ4v) is 16.5. The maximum atomic E-state index is 13.2. The zero-order chi connectivity index (χ0) is 43.8. The van der Waals surface area contributed by atoms with E-state index in [1.165, 1.54) is 11.9 Å². The van der Waals surface area contributed by atoms with Crippen molar-refractivity contribution in [3.63, 3.8) is 0 Å². The first-order valence-electron chi connectivity index (χ1n) is 21.0. The Kier molecular flexibility index (Phi) is 12.3. The number of methoxy groups -OCH3 is 2. The number of nitrogens with one attached hydrogen (secondary N) is 1. The lowest BCUT2D eigenvalue weighted by Crippen LogP contribution is -2.39. The van der Waals surface area contributed by atoms with Gasteiger partial charge in [0.15, 0.2) is 17.0 Å². The minimum atomic E-state index is -2.89. The standard InChI is InChI=1S/C48H50N5O7PS2/c1-31(2)33-24-25-47(3)41(26-33)60-61(62,63-47)59-39-27-42(53-30-51-43-44(49-29-50-45(43)53)52-46(54)32-12-8-6-9-13-32)58-40(39)28-57-48(34-14-10-7-11-15-34,35-16-20-37(55-4)21-17-35)36-18-22-38(56-5)23-19-36/h6-23,29-30,33,39-42H,1,24-28H2,2-5H3,(H,49,50,52,54)/t33-,39-,40+,41+,42+,47+,61-/m0/s1. The number of aromatic nitrogens is 4. The fourth-order valence-electron chi connectivity index (χ4n) is 8.94. The summed E-state index contributed by atoms with van der Waals surface area (Å²) in [5.74, 6) is 1.82. The number of carbonyl (C=O) groups is 1. The number of rotatable bonds is 14. The van der Waals surface area contributed by atoms with E-state index in [9.17, 15) is 4.79 Å². The molecule has 0 unspecified atom stereocenters. The summed E-state index contributed by atoms with van der Waals surface area (Å²) in [5.41, 5.74) is 1.29. The van der Waals surface area contributed by atoms with E-state index in [0.717, 1.165) is 47.5 Å². The molecule has 0 spiro atoms. The van der Waals surface area contributed by atoms with Crippen molar-refractivity contribution in [2.75, 3.05) is 26.1 Å². The third-order valence-electron chi connectivity index (χ3n) is 12.5. The summed E-state index contributed by atoms with van der Waals surface area (Å²) in [4.78, 5) is 26.9. The Morgan fingerprint density at radius 1 is 0.921 bits per heavy atom. The monoisotopic (exact) mass is 903 g/mol. The Hall–Kier alpha value is -4.92. The summed E-state index contributed by atoms with van der Waals surface area (Å²) in [6.45, 7) is 8.72. The summed E-state index contributed by atoms with van der Waals surface area (Å²) < 4.78 is 41.2. The highest BCUT2D eigenvalue weighted by molar-refractivity contribution is 8.68. The van der Waals surface area contributed by atoms with Crippen molar-refractivity contribution in [2.45, 2.75) is 74.4 Å². The van der Waals surface area contributed by atoms with Crippen molar-refractivity contribution in [1.29, 1.82) is 0 Å². The number of fused-ring (bicyclic) bond motifs is 2. The number of hydrogen-bond acceptors (Lipinski definition) is 12. The molecule has 0 bridgehead atoms. The molecular weight excluding hydrogens is 854 g/mol. The molecule has 3 aliphatic rings. The second kappa shape index (κ2) is 17.9. The normalized spacial score (nSPS) is 25.7. The Morgan fingerprint density at radius 3 is 2.19 bits per heavy atom. The average molecular weight is 904 g/mol. The van der Waals surface area contributed by atoms with Gasteiger partial charge < -0.3 is 33.3 Å². The summed E-state index contributed by atoms with van der Waals surface area (Å²) in [6.07, 6.45) is 4.56. The molecule has 0 radical (unpaired) electrons. The van der Waals surface area contributed by atoms with Gasteiger partial charge in [-0.25, -0.2) is 15.0 Å². The molecule has 63 heavy (non-hydrogen) atoms. The molecule has 12 nitrogen and oxygen atoms in total. The molecule has 1 amide bonds. The molecule has 3 fully saturated rings. The van der Waals surface area contributed by atoms with E-state index in [1.807, 2.05) is 89.5 Å². The van der Waals surface area contributed by atoms with E-state index in [0.29, 0.717) is 34.9 Å². The first-order chi connectivity index (χ1) is 30.5. The quantitative estimate of drug-likeness (QED) is 0.0635. The van der Waals surface area contributed by atoms with E-state index >= 15 is 0 Å². The third kappa shape index (κ3) is 8.58. The Morgan fingerprint density at radius 2 is 1.56 bits per heavy atom. The molecule has 6 aromatic rings. The second-order valence-corrected chi connectivity index (χ2v) is 23.0. The molecule has 4 aromatic carbocycles. The minimum absolute atomic E-state index is 0.0497. The molecule has 4 heterocycles. The first kappa shape index (κ1) is 43.3. The molecular formula is C48H50N5O7PS2. The average Bonchev–Trinajstić information content (AvgIpc) is 4.00. The van der Waals surface area contributed by atoms with Gasteiger partial charge in [0.2, 0.25) is 5.69 Å². The number of benzene rings is 4. The highest BCUT2D eigenvalue weighted by Crippen LogP contribution is 2.76. The first-order valence-corrected chi connectivity index (χ1v) is 25.1. The van der Waals surface area contributed by atoms with Gasteiger partial charge in [0, 0.05) is 16.7 Å². The lowest BCUT2D eigenvalue weighted by atomic mass is 9.77. The maximum Gasteiger partial charge on any atom is 0.256 e. The van der Waals surface area contributed by atoms with Gasteiger partial charge >= 0.3 is 0 Å². The van der Waals surface area contributed by atoms with E-state index in [2.05, 4.69) is 52.8 Å². The fraction of sp³-hybridized carbons (Fsp3) is 0.333. The molecule has 2 aromatic heterocycles. The second-order valence-electron chi connectivity index (χ2n) is 16.5. The van der Waals surface area contributed by atoms with E-state index < -0.39 is 29.7 Å². The van der Waals surface area contributed by atoms with Crippen LogP contribution in [0.1, 0.15) is 72.8 Å². The van der Waals surface area contributed by atoms with Crippen molar-refractivity contribution < 1.29 is 32.8 Å². The van der Waals surface area contributed by atoms with Crippen LogP contribution < -0.4 is 14.8 Å². The maximum absolute atomic E-state index is 13.2. The molecule has 326 valence electrons. The SMILES string of the molecule is C=C(C)[C@H]1CC[C@@]2(C)S[P@@](=S)(O[C@H]3C[C@H](n4cnc5c(NC(=O)c6ccccc6)ncnc54)O[C@@H]3COC(c3ccccc3)(c3ccc(OC)cc3)c3ccc(OC)cc3)O[C@@H]2C1. The molecule has 15 heteroatoms. The van der Waals surface area contributed by atoms with Crippen LogP contribution in [0.25, 0.3) is 11.2 Å². The molecule has 1 N–H and O–H groups in total. The van der Waals surface area contributed by atoms with Crippen LogP contribution in [-0.4, -0.2) is 69.3 Å².